The minimum Gasteiger partial charge on any atom is -0.351 e. The molecule has 1 aromatic carbocycles. The van der Waals surface area contributed by atoms with Crippen molar-refractivity contribution in [3.05, 3.63) is 58.3 Å². The van der Waals surface area contributed by atoms with Crippen molar-refractivity contribution in [2.75, 3.05) is 0 Å². The van der Waals surface area contributed by atoms with Gasteiger partial charge in [0.05, 0.1) is 11.6 Å². The molecule has 21 heavy (non-hydrogen) atoms. The van der Waals surface area contributed by atoms with Crippen molar-refractivity contribution in [2.24, 2.45) is 0 Å². The fraction of sp³-hybridized carbons (Fsp3) is 0.278. The molecule has 0 amide bonds. The molecule has 0 radical (unpaired) electrons. The summed E-state index contributed by atoms with van der Waals surface area (Å²) in [5.74, 6) is 0. The molecule has 0 unspecified atom stereocenters. The number of nitriles is 1. The van der Waals surface area contributed by atoms with Crippen LogP contribution in [-0.4, -0.2) is 4.57 Å². The van der Waals surface area contributed by atoms with Gasteiger partial charge in [0.25, 0.3) is 0 Å². The monoisotopic (exact) mass is 340 g/mol. The number of halogens is 1. The summed E-state index contributed by atoms with van der Waals surface area (Å²) in [5, 5.41) is 9.39. The smallest absolute Gasteiger partial charge is 0.0998 e. The van der Waals surface area contributed by atoms with Crippen molar-refractivity contribution in [1.29, 1.82) is 5.26 Å². The van der Waals surface area contributed by atoms with Gasteiger partial charge in [-0.05, 0) is 48.2 Å². The maximum Gasteiger partial charge on any atom is 0.0998 e. The van der Waals surface area contributed by atoms with Crippen molar-refractivity contribution >= 4 is 27.6 Å². The largest absolute Gasteiger partial charge is 0.351 e. The van der Waals surface area contributed by atoms with Crippen LogP contribution in [0, 0.1) is 11.3 Å². The van der Waals surface area contributed by atoms with Crippen LogP contribution in [0.3, 0.4) is 0 Å². The lowest BCUT2D eigenvalue weighted by Crippen LogP contribution is -2.00. The molecule has 1 aromatic heterocycles. The number of hydrogen-bond donors (Lipinski definition) is 0. The van der Waals surface area contributed by atoms with E-state index in [9.17, 15) is 5.26 Å². The predicted octanol–water partition coefficient (Wildman–Crippen LogP) is 5.43. The van der Waals surface area contributed by atoms with Gasteiger partial charge in [-0.1, -0.05) is 40.9 Å². The van der Waals surface area contributed by atoms with E-state index in [1.54, 1.807) is 0 Å². The summed E-state index contributed by atoms with van der Waals surface area (Å²) in [5.41, 5.74) is 2.75. The van der Waals surface area contributed by atoms with E-state index in [2.05, 4.69) is 45.0 Å². The normalized spacial score (nSPS) is 16.1. The van der Waals surface area contributed by atoms with Gasteiger partial charge in [0, 0.05) is 22.9 Å². The lowest BCUT2D eigenvalue weighted by molar-refractivity contribution is 0.521. The van der Waals surface area contributed by atoms with Crippen LogP contribution in [0.25, 0.3) is 11.6 Å². The van der Waals surface area contributed by atoms with E-state index in [-0.39, 0.29) is 0 Å². The molecule has 0 N–H and O–H groups in total. The molecule has 0 spiro atoms. The van der Waals surface area contributed by atoms with Gasteiger partial charge in [0.2, 0.25) is 0 Å². The van der Waals surface area contributed by atoms with E-state index in [1.807, 2.05) is 30.3 Å². The summed E-state index contributed by atoms with van der Waals surface area (Å²) in [6.07, 6.45) is 11.5. The molecule has 1 aliphatic carbocycles. The SMILES string of the molecule is N#C/C(=C\c1ccn(C2CCCC2)c1)c1ccc(Br)cc1. The molecule has 0 bridgehead atoms. The van der Waals surface area contributed by atoms with Crippen molar-refractivity contribution in [1.82, 2.24) is 4.57 Å². The second kappa shape index (κ2) is 6.32. The van der Waals surface area contributed by atoms with Gasteiger partial charge in [0.1, 0.15) is 0 Å². The Morgan fingerprint density at radius 1 is 1.19 bits per heavy atom. The van der Waals surface area contributed by atoms with Crippen LogP contribution in [-0.2, 0) is 0 Å². The zero-order chi connectivity index (χ0) is 14.7. The summed E-state index contributed by atoms with van der Waals surface area (Å²) in [6, 6.07) is 12.9. The summed E-state index contributed by atoms with van der Waals surface area (Å²) in [7, 11) is 0. The quantitative estimate of drug-likeness (QED) is 0.684. The number of allylic oxidation sites excluding steroid dienone is 1. The predicted molar refractivity (Wildman–Crippen MR) is 89.6 cm³/mol. The fourth-order valence-corrected chi connectivity index (χ4v) is 3.19. The van der Waals surface area contributed by atoms with Crippen LogP contribution < -0.4 is 0 Å². The highest BCUT2D eigenvalue weighted by atomic mass is 79.9. The molecule has 106 valence electrons. The van der Waals surface area contributed by atoms with Crippen molar-refractivity contribution < 1.29 is 0 Å². The Morgan fingerprint density at radius 2 is 1.90 bits per heavy atom. The Bertz CT molecular complexity index is 683. The lowest BCUT2D eigenvalue weighted by Gasteiger charge is -2.10. The zero-order valence-corrected chi connectivity index (χ0v) is 13.4. The summed E-state index contributed by atoms with van der Waals surface area (Å²) >= 11 is 3.42. The summed E-state index contributed by atoms with van der Waals surface area (Å²) in [6.45, 7) is 0. The van der Waals surface area contributed by atoms with Crippen molar-refractivity contribution in [3.8, 4) is 6.07 Å². The molecule has 2 nitrogen and oxygen atoms in total. The van der Waals surface area contributed by atoms with Crippen molar-refractivity contribution in [3.63, 3.8) is 0 Å². The first-order chi connectivity index (χ1) is 10.3. The first-order valence-corrected chi connectivity index (χ1v) is 8.11. The Hall–Kier alpha value is -1.79. The third kappa shape index (κ3) is 3.28. The van der Waals surface area contributed by atoms with Crippen LogP contribution >= 0.6 is 15.9 Å². The molecule has 1 saturated carbocycles. The standard InChI is InChI=1S/C18H17BrN2/c19-17-7-5-15(6-8-17)16(12-20)11-14-9-10-21(13-14)18-3-1-2-4-18/h5-11,13,18H,1-4H2/b16-11+. The van der Waals surface area contributed by atoms with Crippen LogP contribution in [0.5, 0.6) is 0 Å². The second-order valence-corrected chi connectivity index (χ2v) is 6.42. The molecule has 0 atom stereocenters. The fourth-order valence-electron chi connectivity index (χ4n) is 2.92. The molecule has 1 aliphatic rings. The van der Waals surface area contributed by atoms with Gasteiger partial charge < -0.3 is 4.57 Å². The minimum absolute atomic E-state index is 0.644. The molecular weight excluding hydrogens is 324 g/mol. The van der Waals surface area contributed by atoms with E-state index in [1.165, 1.54) is 25.7 Å². The second-order valence-electron chi connectivity index (χ2n) is 5.51. The molecule has 0 saturated heterocycles. The highest BCUT2D eigenvalue weighted by Gasteiger charge is 2.16. The van der Waals surface area contributed by atoms with Crippen LogP contribution in [0.2, 0.25) is 0 Å². The molecule has 0 aliphatic heterocycles. The molecular formula is C18H17BrN2. The first kappa shape index (κ1) is 14.2. The molecule has 2 aromatic rings. The van der Waals surface area contributed by atoms with E-state index in [0.717, 1.165) is 15.6 Å². The third-order valence-electron chi connectivity index (χ3n) is 4.07. The number of nitrogens with zero attached hydrogens (tertiary/aromatic N) is 2. The number of rotatable bonds is 3. The van der Waals surface area contributed by atoms with Crippen LogP contribution in [0.4, 0.5) is 0 Å². The van der Waals surface area contributed by atoms with Gasteiger partial charge in [0.15, 0.2) is 0 Å². The summed E-state index contributed by atoms with van der Waals surface area (Å²) < 4.78 is 3.33. The van der Waals surface area contributed by atoms with Crippen LogP contribution in [0.15, 0.2) is 47.2 Å². The maximum absolute atomic E-state index is 9.39. The minimum atomic E-state index is 0.644. The molecule has 3 rings (SSSR count). The van der Waals surface area contributed by atoms with Gasteiger partial charge in [-0.25, -0.2) is 0 Å². The highest BCUT2D eigenvalue weighted by molar-refractivity contribution is 9.10. The Kier molecular flexibility index (Phi) is 4.26. The average Bonchev–Trinajstić information content (AvgIpc) is 3.17. The number of benzene rings is 1. The molecule has 1 heterocycles. The topological polar surface area (TPSA) is 28.7 Å². The van der Waals surface area contributed by atoms with Crippen molar-refractivity contribution in [2.45, 2.75) is 31.7 Å². The van der Waals surface area contributed by atoms with E-state index in [4.69, 9.17) is 0 Å². The average molecular weight is 341 g/mol. The molecule has 3 heteroatoms. The Labute approximate surface area is 133 Å². The van der Waals surface area contributed by atoms with Gasteiger partial charge >= 0.3 is 0 Å². The maximum atomic E-state index is 9.39. The van der Waals surface area contributed by atoms with Gasteiger partial charge in [-0.15, -0.1) is 0 Å². The zero-order valence-electron chi connectivity index (χ0n) is 11.8. The number of hydrogen-bond acceptors (Lipinski definition) is 1. The van der Waals surface area contributed by atoms with Gasteiger partial charge in [-0.3, -0.25) is 0 Å². The lowest BCUT2D eigenvalue weighted by atomic mass is 10.1. The third-order valence-corrected chi connectivity index (χ3v) is 4.60. The number of aromatic nitrogens is 1. The first-order valence-electron chi connectivity index (χ1n) is 7.31. The Balaban J connectivity index is 1.85. The van der Waals surface area contributed by atoms with E-state index in [0.29, 0.717) is 11.6 Å². The van der Waals surface area contributed by atoms with E-state index >= 15 is 0 Å². The van der Waals surface area contributed by atoms with E-state index < -0.39 is 0 Å². The molecule has 1 fully saturated rings. The van der Waals surface area contributed by atoms with Gasteiger partial charge in [-0.2, -0.15) is 5.26 Å². The Morgan fingerprint density at radius 3 is 2.57 bits per heavy atom. The summed E-state index contributed by atoms with van der Waals surface area (Å²) in [4.78, 5) is 0. The van der Waals surface area contributed by atoms with Crippen LogP contribution in [0.1, 0.15) is 42.9 Å². The highest BCUT2D eigenvalue weighted by Crippen LogP contribution is 2.30.